The van der Waals surface area contributed by atoms with Crippen molar-refractivity contribution in [3.63, 3.8) is 0 Å². The van der Waals surface area contributed by atoms with E-state index >= 15 is 0 Å². The average Bonchev–Trinajstić information content (AvgIpc) is 2.53. The molecule has 2 fully saturated rings. The summed E-state index contributed by atoms with van der Waals surface area (Å²) in [7, 11) is 2.28. The van der Waals surface area contributed by atoms with Crippen molar-refractivity contribution in [1.82, 2.24) is 3.11 Å². The number of hydrogen-bond donors (Lipinski definition) is 0. The molecule has 1 unspecified atom stereocenters. The van der Waals surface area contributed by atoms with Gasteiger partial charge in [0, 0.05) is 0 Å². The van der Waals surface area contributed by atoms with Crippen LogP contribution >= 0.6 is 0 Å². The van der Waals surface area contributed by atoms with Crippen LogP contribution in [0.5, 0.6) is 0 Å². The minimum absolute atomic E-state index is 0.442. The minimum atomic E-state index is 0.442. The molecule has 1 atom stereocenters. The zero-order chi connectivity index (χ0) is 7.19. The van der Waals surface area contributed by atoms with Crippen molar-refractivity contribution in [3.05, 3.63) is 12.2 Å². The van der Waals surface area contributed by atoms with Gasteiger partial charge in [-0.2, -0.15) is 0 Å². The number of hydrogen-bond acceptors (Lipinski definition) is 1. The van der Waals surface area contributed by atoms with E-state index < -0.39 is 0 Å². The van der Waals surface area contributed by atoms with Crippen LogP contribution in [0.25, 0.3) is 0 Å². The topological polar surface area (TPSA) is 3.01 Å². The first-order valence-corrected chi connectivity index (χ1v) is 5.84. The number of nitrogens with zero attached hydrogens (tertiary/aromatic N) is 1. The molecule has 1 saturated heterocycles. The van der Waals surface area contributed by atoms with E-state index in [0.29, 0.717) is 21.5 Å². The van der Waals surface area contributed by atoms with E-state index in [2.05, 4.69) is 16.7 Å². The van der Waals surface area contributed by atoms with Gasteiger partial charge in [-0.05, 0) is 0 Å². The molecule has 0 amide bonds. The van der Waals surface area contributed by atoms with Crippen LogP contribution in [-0.4, -0.2) is 13.7 Å². The number of halogens is 1. The maximum absolute atomic E-state index is 4.03. The third-order valence-electron chi connectivity index (χ3n) is 2.53. The van der Waals surface area contributed by atoms with E-state index in [-0.39, 0.29) is 0 Å². The van der Waals surface area contributed by atoms with E-state index in [4.69, 9.17) is 0 Å². The van der Waals surface area contributed by atoms with E-state index in [1.54, 1.807) is 0 Å². The Morgan fingerprint density at radius 3 is 2.40 bits per heavy atom. The van der Waals surface area contributed by atoms with Crippen LogP contribution in [-0.2, 0) is 0 Å². The molecule has 1 aliphatic carbocycles. The summed E-state index contributed by atoms with van der Waals surface area (Å²) in [6, 6.07) is 0. The maximum atomic E-state index is 4.03. The average molecular weight is 250 g/mol. The molecule has 0 bridgehead atoms. The van der Waals surface area contributed by atoms with E-state index in [0.717, 1.165) is 3.55 Å². The van der Waals surface area contributed by atoms with Crippen molar-refractivity contribution < 1.29 is 21.5 Å². The Hall–Kier alpha value is 0.430. The second-order valence-electron chi connectivity index (χ2n) is 3.23. The van der Waals surface area contributed by atoms with Gasteiger partial charge < -0.3 is 0 Å². The van der Waals surface area contributed by atoms with Crippen molar-refractivity contribution in [2.45, 2.75) is 29.2 Å². The van der Waals surface area contributed by atoms with Gasteiger partial charge in [0.1, 0.15) is 0 Å². The first kappa shape index (κ1) is 7.10. The second-order valence-corrected chi connectivity index (χ2v) is 7.17. The Kier molecular flexibility index (Phi) is 1.57. The predicted molar refractivity (Wildman–Crippen MR) is 38.1 cm³/mol. The fraction of sp³-hybridized carbons (Fsp3) is 0.750. The predicted octanol–water partition coefficient (Wildman–Crippen LogP) is -1.24. The first-order valence-electron chi connectivity index (χ1n) is 3.80. The summed E-state index contributed by atoms with van der Waals surface area (Å²) >= 11 is 0.442. The summed E-state index contributed by atoms with van der Waals surface area (Å²) in [4.78, 5) is 0. The van der Waals surface area contributed by atoms with Gasteiger partial charge in [-0.3, -0.25) is 0 Å². The summed E-state index contributed by atoms with van der Waals surface area (Å²) in [5.74, 6) is 0. The van der Waals surface area contributed by atoms with Gasteiger partial charge in [0.05, 0.1) is 0 Å². The third-order valence-corrected chi connectivity index (χ3v) is 6.42. The van der Waals surface area contributed by atoms with Gasteiger partial charge >= 0.3 is 73.0 Å². The van der Waals surface area contributed by atoms with E-state index in [1.165, 1.54) is 31.3 Å². The molecule has 1 heterocycles. The molecule has 58 valence electrons. The van der Waals surface area contributed by atoms with Crippen LogP contribution in [0.4, 0.5) is 0 Å². The Balaban J connectivity index is 1.99. The SMILES string of the molecule is C=C1CCC2(CC1)[I-]N2C. The van der Waals surface area contributed by atoms with Crippen LogP contribution in [0.3, 0.4) is 0 Å². The molecule has 0 aromatic heterocycles. The van der Waals surface area contributed by atoms with Gasteiger partial charge in [0.15, 0.2) is 0 Å². The monoisotopic (exact) mass is 250 g/mol. The van der Waals surface area contributed by atoms with Crippen LogP contribution < -0.4 is 21.5 Å². The zero-order valence-electron chi connectivity index (χ0n) is 6.36. The molecule has 2 aliphatic rings. The van der Waals surface area contributed by atoms with Crippen LogP contribution in [0, 0.1) is 0 Å². The first-order chi connectivity index (χ1) is 4.73. The molecule has 0 aromatic rings. The Morgan fingerprint density at radius 1 is 1.50 bits per heavy atom. The molecule has 1 saturated carbocycles. The molecule has 2 heteroatoms. The van der Waals surface area contributed by atoms with Crippen LogP contribution in [0.2, 0.25) is 0 Å². The van der Waals surface area contributed by atoms with Crippen molar-refractivity contribution in [2.24, 2.45) is 0 Å². The van der Waals surface area contributed by atoms with Crippen molar-refractivity contribution in [2.75, 3.05) is 7.05 Å². The summed E-state index contributed by atoms with van der Waals surface area (Å²) in [6.45, 7) is 4.03. The van der Waals surface area contributed by atoms with Crippen molar-refractivity contribution >= 4 is 0 Å². The molecule has 1 spiro atoms. The normalized spacial score (nSPS) is 37.3. The Morgan fingerprint density at radius 2 is 2.00 bits per heavy atom. The number of allylic oxidation sites excluding steroid dienone is 1. The van der Waals surface area contributed by atoms with E-state index in [1.807, 2.05) is 0 Å². The zero-order valence-corrected chi connectivity index (χ0v) is 8.52. The summed E-state index contributed by atoms with van der Waals surface area (Å²) < 4.78 is 3.33. The Labute approximate surface area is 73.1 Å². The van der Waals surface area contributed by atoms with Crippen LogP contribution in [0.1, 0.15) is 25.7 Å². The van der Waals surface area contributed by atoms with Gasteiger partial charge in [-0.15, -0.1) is 0 Å². The summed E-state index contributed by atoms with van der Waals surface area (Å²) in [5, 5.41) is 0. The molecule has 1 nitrogen and oxygen atoms in total. The summed E-state index contributed by atoms with van der Waals surface area (Å²) in [6.07, 6.45) is 5.42. The molecule has 2 rings (SSSR count). The summed E-state index contributed by atoms with van der Waals surface area (Å²) in [5.41, 5.74) is 1.48. The van der Waals surface area contributed by atoms with Gasteiger partial charge in [-0.1, -0.05) is 0 Å². The van der Waals surface area contributed by atoms with Crippen molar-refractivity contribution in [3.8, 4) is 0 Å². The molecular weight excluding hydrogens is 237 g/mol. The van der Waals surface area contributed by atoms with Gasteiger partial charge in [-0.25, -0.2) is 0 Å². The molecular formula is C8H13IN-. The van der Waals surface area contributed by atoms with Gasteiger partial charge in [0.25, 0.3) is 0 Å². The molecule has 0 aromatic carbocycles. The fourth-order valence-corrected chi connectivity index (χ4v) is 4.34. The number of alkyl halides is 1. The molecule has 1 aliphatic heterocycles. The Bertz CT molecular complexity index is 166. The second kappa shape index (κ2) is 2.21. The van der Waals surface area contributed by atoms with Crippen molar-refractivity contribution in [1.29, 1.82) is 0 Å². The van der Waals surface area contributed by atoms with E-state index in [9.17, 15) is 0 Å². The molecule has 0 N–H and O–H groups in total. The molecule has 10 heavy (non-hydrogen) atoms. The molecule has 0 radical (unpaired) electrons. The third kappa shape index (κ3) is 1.01. The fourth-order valence-electron chi connectivity index (χ4n) is 1.60. The number of rotatable bonds is 0. The standard InChI is InChI=1S/C8H13IN/c1-7-3-5-8(6-4-7)9-10(8)2/h1,3-6H2,2H3/q-1. The quantitative estimate of drug-likeness (QED) is 0.130. The van der Waals surface area contributed by atoms with Crippen LogP contribution in [0.15, 0.2) is 12.2 Å². The van der Waals surface area contributed by atoms with Gasteiger partial charge in [0.2, 0.25) is 0 Å².